The lowest BCUT2D eigenvalue weighted by molar-refractivity contribution is -0.127. The van der Waals surface area contributed by atoms with Crippen LogP contribution < -0.4 is 11.1 Å². The van der Waals surface area contributed by atoms with Crippen molar-refractivity contribution in [1.82, 2.24) is 5.32 Å². The number of amides is 1. The standard InChI is InChI=1S/C14H19FN2O/c1-9(11-5-3-4-6-12(11)15)17-13(18)14(2,16)10-7-8-10/h3-6,9-10H,7-8,16H2,1-2H3,(H,17,18)/t9-,14?/m1/s1. The first-order valence-corrected chi connectivity index (χ1v) is 6.27. The molecule has 1 aliphatic carbocycles. The molecule has 2 rings (SSSR count). The summed E-state index contributed by atoms with van der Waals surface area (Å²) >= 11 is 0. The topological polar surface area (TPSA) is 55.1 Å². The highest BCUT2D eigenvalue weighted by Gasteiger charge is 2.44. The van der Waals surface area contributed by atoms with Gasteiger partial charge in [-0.05, 0) is 38.7 Å². The van der Waals surface area contributed by atoms with Gasteiger partial charge in [0.15, 0.2) is 0 Å². The molecule has 0 aromatic heterocycles. The van der Waals surface area contributed by atoms with Gasteiger partial charge in [0.2, 0.25) is 5.91 Å². The van der Waals surface area contributed by atoms with E-state index in [0.717, 1.165) is 12.8 Å². The van der Waals surface area contributed by atoms with E-state index in [1.54, 1.807) is 32.0 Å². The van der Waals surface area contributed by atoms with Gasteiger partial charge in [0.25, 0.3) is 0 Å². The van der Waals surface area contributed by atoms with E-state index in [0.29, 0.717) is 5.56 Å². The SMILES string of the molecule is C[C@@H](NC(=O)C(C)(N)C1CC1)c1ccccc1F. The molecule has 1 amide bonds. The van der Waals surface area contributed by atoms with Gasteiger partial charge in [0.05, 0.1) is 11.6 Å². The first-order chi connectivity index (χ1) is 8.43. The van der Waals surface area contributed by atoms with Gasteiger partial charge in [-0.15, -0.1) is 0 Å². The number of carbonyl (C=O) groups is 1. The Balaban J connectivity index is 2.05. The minimum Gasteiger partial charge on any atom is -0.348 e. The third-order valence-electron chi connectivity index (χ3n) is 3.63. The van der Waals surface area contributed by atoms with Gasteiger partial charge in [-0.3, -0.25) is 4.79 Å². The molecule has 98 valence electrons. The van der Waals surface area contributed by atoms with Crippen molar-refractivity contribution in [2.75, 3.05) is 0 Å². The molecule has 0 bridgehead atoms. The van der Waals surface area contributed by atoms with Crippen molar-refractivity contribution < 1.29 is 9.18 Å². The minimum absolute atomic E-state index is 0.208. The van der Waals surface area contributed by atoms with Gasteiger partial charge in [-0.25, -0.2) is 4.39 Å². The van der Waals surface area contributed by atoms with Crippen LogP contribution in [0.15, 0.2) is 24.3 Å². The lowest BCUT2D eigenvalue weighted by Crippen LogP contribution is -2.53. The summed E-state index contributed by atoms with van der Waals surface area (Å²) < 4.78 is 13.6. The molecule has 1 fully saturated rings. The fourth-order valence-corrected chi connectivity index (χ4v) is 2.12. The lowest BCUT2D eigenvalue weighted by Gasteiger charge is -2.26. The molecule has 2 atom stereocenters. The van der Waals surface area contributed by atoms with E-state index in [4.69, 9.17) is 5.73 Å². The quantitative estimate of drug-likeness (QED) is 0.860. The predicted molar refractivity (Wildman–Crippen MR) is 68.3 cm³/mol. The monoisotopic (exact) mass is 250 g/mol. The third-order valence-corrected chi connectivity index (χ3v) is 3.63. The van der Waals surface area contributed by atoms with E-state index < -0.39 is 5.54 Å². The number of hydrogen-bond donors (Lipinski definition) is 2. The Morgan fingerprint density at radius 1 is 1.50 bits per heavy atom. The molecule has 4 heteroatoms. The number of nitrogens with one attached hydrogen (secondary N) is 1. The molecule has 1 unspecified atom stereocenters. The van der Waals surface area contributed by atoms with Crippen molar-refractivity contribution in [2.24, 2.45) is 11.7 Å². The lowest BCUT2D eigenvalue weighted by atomic mass is 9.95. The van der Waals surface area contributed by atoms with Gasteiger partial charge >= 0.3 is 0 Å². The van der Waals surface area contributed by atoms with Crippen LogP contribution in [0, 0.1) is 11.7 Å². The molecule has 3 N–H and O–H groups in total. The van der Waals surface area contributed by atoms with Gasteiger partial charge in [-0.2, -0.15) is 0 Å². The van der Waals surface area contributed by atoms with E-state index in [1.165, 1.54) is 6.07 Å². The Labute approximate surface area is 107 Å². The van der Waals surface area contributed by atoms with Crippen LogP contribution in [0.2, 0.25) is 0 Å². The van der Waals surface area contributed by atoms with E-state index >= 15 is 0 Å². The van der Waals surface area contributed by atoms with Crippen molar-refractivity contribution >= 4 is 5.91 Å². The van der Waals surface area contributed by atoms with Crippen molar-refractivity contribution in [3.8, 4) is 0 Å². The highest BCUT2D eigenvalue weighted by atomic mass is 19.1. The molecule has 0 spiro atoms. The van der Waals surface area contributed by atoms with Crippen molar-refractivity contribution in [3.63, 3.8) is 0 Å². The zero-order chi connectivity index (χ0) is 13.3. The van der Waals surface area contributed by atoms with Crippen LogP contribution >= 0.6 is 0 Å². The first-order valence-electron chi connectivity index (χ1n) is 6.27. The zero-order valence-corrected chi connectivity index (χ0v) is 10.7. The molecule has 0 saturated heterocycles. The summed E-state index contributed by atoms with van der Waals surface area (Å²) in [5.41, 5.74) is 5.66. The fourth-order valence-electron chi connectivity index (χ4n) is 2.12. The van der Waals surface area contributed by atoms with Crippen LogP contribution in [-0.4, -0.2) is 11.4 Å². The van der Waals surface area contributed by atoms with Gasteiger partial charge in [0.1, 0.15) is 5.82 Å². The summed E-state index contributed by atoms with van der Waals surface area (Å²) in [7, 11) is 0. The second-order valence-electron chi connectivity index (χ2n) is 5.27. The van der Waals surface area contributed by atoms with Gasteiger partial charge in [-0.1, -0.05) is 18.2 Å². The largest absolute Gasteiger partial charge is 0.348 e. The molecule has 1 aromatic carbocycles. The van der Waals surface area contributed by atoms with E-state index in [2.05, 4.69) is 5.32 Å². The summed E-state index contributed by atoms with van der Waals surface area (Å²) in [5.74, 6) is -0.262. The third kappa shape index (κ3) is 2.53. The summed E-state index contributed by atoms with van der Waals surface area (Å²) in [6.45, 7) is 3.51. The number of halogens is 1. The van der Waals surface area contributed by atoms with E-state index in [9.17, 15) is 9.18 Å². The zero-order valence-electron chi connectivity index (χ0n) is 10.7. The highest BCUT2D eigenvalue weighted by Crippen LogP contribution is 2.38. The molecule has 1 aliphatic rings. The molecule has 1 aromatic rings. The molecule has 18 heavy (non-hydrogen) atoms. The summed E-state index contributed by atoms with van der Waals surface area (Å²) in [6.07, 6.45) is 1.99. The summed E-state index contributed by atoms with van der Waals surface area (Å²) in [6, 6.07) is 6.07. The average molecular weight is 250 g/mol. The smallest absolute Gasteiger partial charge is 0.240 e. The molecule has 0 radical (unpaired) electrons. The number of hydrogen-bond acceptors (Lipinski definition) is 2. The highest BCUT2D eigenvalue weighted by molar-refractivity contribution is 5.86. The number of carbonyl (C=O) groups excluding carboxylic acids is 1. The first kappa shape index (κ1) is 13.0. The molecule has 3 nitrogen and oxygen atoms in total. The molecule has 1 saturated carbocycles. The fraction of sp³-hybridized carbons (Fsp3) is 0.500. The van der Waals surface area contributed by atoms with Crippen LogP contribution in [0.1, 0.15) is 38.3 Å². The Morgan fingerprint density at radius 2 is 2.11 bits per heavy atom. The molecule has 0 heterocycles. The van der Waals surface area contributed by atoms with Crippen molar-refractivity contribution in [3.05, 3.63) is 35.6 Å². The Hall–Kier alpha value is -1.42. The maximum absolute atomic E-state index is 13.6. The maximum atomic E-state index is 13.6. The number of nitrogens with two attached hydrogens (primary N) is 1. The van der Waals surface area contributed by atoms with Crippen molar-refractivity contribution in [2.45, 2.75) is 38.3 Å². The summed E-state index contributed by atoms with van der Waals surface area (Å²) in [5, 5.41) is 2.79. The maximum Gasteiger partial charge on any atom is 0.240 e. The van der Waals surface area contributed by atoms with Crippen LogP contribution in [0.25, 0.3) is 0 Å². The predicted octanol–water partition coefficient (Wildman–Crippen LogP) is 2.13. The molecular formula is C14H19FN2O. The Kier molecular flexibility index (Phi) is 3.39. The minimum atomic E-state index is -0.848. The Bertz CT molecular complexity index is 455. The van der Waals surface area contributed by atoms with Crippen molar-refractivity contribution in [1.29, 1.82) is 0 Å². The van der Waals surface area contributed by atoms with E-state index in [-0.39, 0.29) is 23.7 Å². The Morgan fingerprint density at radius 3 is 2.67 bits per heavy atom. The summed E-state index contributed by atoms with van der Waals surface area (Å²) in [4.78, 5) is 12.1. The second kappa shape index (κ2) is 4.69. The molecule has 0 aliphatic heterocycles. The van der Waals surface area contributed by atoms with Crippen LogP contribution in [0.5, 0.6) is 0 Å². The van der Waals surface area contributed by atoms with Crippen LogP contribution in [0.3, 0.4) is 0 Å². The van der Waals surface area contributed by atoms with Gasteiger partial charge in [0, 0.05) is 5.56 Å². The van der Waals surface area contributed by atoms with Crippen LogP contribution in [-0.2, 0) is 4.79 Å². The second-order valence-corrected chi connectivity index (χ2v) is 5.27. The van der Waals surface area contributed by atoms with Gasteiger partial charge < -0.3 is 11.1 Å². The molecular weight excluding hydrogens is 231 g/mol. The average Bonchev–Trinajstić information content (AvgIpc) is 3.13. The number of benzene rings is 1. The normalized spacial score (nSPS) is 20.0. The number of rotatable bonds is 4. The van der Waals surface area contributed by atoms with E-state index in [1.807, 2.05) is 0 Å². The van der Waals surface area contributed by atoms with Crippen LogP contribution in [0.4, 0.5) is 4.39 Å².